The second-order valence-electron chi connectivity index (χ2n) is 11.2. The van der Waals surface area contributed by atoms with E-state index in [1.807, 2.05) is 25.1 Å². The molecule has 2 aliphatic rings. The highest BCUT2D eigenvalue weighted by Crippen LogP contribution is 2.33. The molecule has 0 aliphatic carbocycles. The molecule has 0 bridgehead atoms. The highest BCUT2D eigenvalue weighted by molar-refractivity contribution is 5.96. The molecule has 8 nitrogen and oxygen atoms in total. The van der Waals surface area contributed by atoms with E-state index in [1.165, 1.54) is 22.9 Å². The zero-order valence-corrected chi connectivity index (χ0v) is 23.5. The molecule has 0 spiro atoms. The van der Waals surface area contributed by atoms with Gasteiger partial charge in [0, 0.05) is 77.2 Å². The highest BCUT2D eigenvalue weighted by Gasteiger charge is 2.28. The Labute approximate surface area is 236 Å². The number of hydrogen-bond acceptors (Lipinski definition) is 6. The van der Waals surface area contributed by atoms with E-state index in [0.29, 0.717) is 30.3 Å². The molecule has 3 aromatic rings. The number of rotatable bonds is 8. The van der Waals surface area contributed by atoms with Gasteiger partial charge in [-0.05, 0) is 60.6 Å². The molecule has 0 unspecified atom stereocenters. The lowest BCUT2D eigenvalue weighted by Crippen LogP contribution is -2.48. The summed E-state index contributed by atoms with van der Waals surface area (Å²) in [6.45, 7) is 5.19. The Morgan fingerprint density at radius 1 is 0.875 bits per heavy atom. The summed E-state index contributed by atoms with van der Waals surface area (Å²) in [6, 6.07) is 24.1. The van der Waals surface area contributed by atoms with Crippen molar-refractivity contribution < 1.29 is 9.72 Å². The van der Waals surface area contributed by atoms with Crippen LogP contribution in [0.15, 0.2) is 72.8 Å². The minimum Gasteiger partial charge on any atom is -0.378 e. The molecule has 0 aromatic heterocycles. The molecule has 0 radical (unpaired) electrons. The van der Waals surface area contributed by atoms with Gasteiger partial charge in [-0.25, -0.2) is 0 Å². The summed E-state index contributed by atoms with van der Waals surface area (Å²) >= 11 is 0. The third kappa shape index (κ3) is 6.62. The Morgan fingerprint density at radius 2 is 1.55 bits per heavy atom. The molecule has 0 saturated carbocycles. The smallest absolute Gasteiger partial charge is 0.293 e. The van der Waals surface area contributed by atoms with Crippen molar-refractivity contribution in [3.8, 4) is 0 Å². The highest BCUT2D eigenvalue weighted by atomic mass is 16.6. The Bertz CT molecular complexity index is 1300. The Balaban J connectivity index is 1.17. The van der Waals surface area contributed by atoms with Crippen molar-refractivity contribution in [1.82, 2.24) is 9.80 Å². The van der Waals surface area contributed by atoms with Gasteiger partial charge in [-0.2, -0.15) is 0 Å². The van der Waals surface area contributed by atoms with Crippen LogP contribution in [0.5, 0.6) is 0 Å². The van der Waals surface area contributed by atoms with Crippen LogP contribution in [-0.2, 0) is 13.0 Å². The summed E-state index contributed by atoms with van der Waals surface area (Å²) in [5.41, 5.74) is 4.79. The second kappa shape index (κ2) is 12.5. The van der Waals surface area contributed by atoms with Crippen molar-refractivity contribution in [3.05, 3.63) is 99.6 Å². The van der Waals surface area contributed by atoms with Crippen molar-refractivity contribution in [2.45, 2.75) is 25.8 Å². The minimum absolute atomic E-state index is 0.0205. The van der Waals surface area contributed by atoms with Crippen LogP contribution in [0.2, 0.25) is 0 Å². The van der Waals surface area contributed by atoms with Crippen LogP contribution >= 0.6 is 0 Å². The van der Waals surface area contributed by atoms with E-state index >= 15 is 0 Å². The predicted octanol–water partition coefficient (Wildman–Crippen LogP) is 5.08. The van der Waals surface area contributed by atoms with Gasteiger partial charge in [-0.3, -0.25) is 19.8 Å². The molecule has 2 heterocycles. The topological polar surface area (TPSA) is 73.2 Å². The van der Waals surface area contributed by atoms with Gasteiger partial charge in [0.2, 0.25) is 0 Å². The van der Waals surface area contributed by atoms with E-state index < -0.39 is 0 Å². The third-order valence-electron chi connectivity index (χ3n) is 8.26. The summed E-state index contributed by atoms with van der Waals surface area (Å²) < 4.78 is 0. The lowest BCUT2D eigenvalue weighted by molar-refractivity contribution is -0.384. The number of piperidine rings is 1. The number of nitrogens with zero attached hydrogens (tertiary/aromatic N) is 5. The molecule has 0 atom stereocenters. The largest absolute Gasteiger partial charge is 0.378 e. The number of amides is 1. The first-order valence-electron chi connectivity index (χ1n) is 14.2. The summed E-state index contributed by atoms with van der Waals surface area (Å²) in [5.74, 6) is 0.445. The number of carbonyl (C=O) groups excluding carboxylic acids is 1. The fourth-order valence-corrected chi connectivity index (χ4v) is 5.84. The van der Waals surface area contributed by atoms with Crippen molar-refractivity contribution in [1.29, 1.82) is 0 Å². The van der Waals surface area contributed by atoms with E-state index in [4.69, 9.17) is 0 Å². The van der Waals surface area contributed by atoms with Crippen molar-refractivity contribution >= 4 is 23.0 Å². The monoisotopic (exact) mass is 541 g/mol. The van der Waals surface area contributed by atoms with Crippen LogP contribution in [0.25, 0.3) is 0 Å². The quantitative estimate of drug-likeness (QED) is 0.293. The molecule has 40 heavy (non-hydrogen) atoms. The van der Waals surface area contributed by atoms with Crippen LogP contribution in [-0.4, -0.2) is 74.0 Å². The number of nitro benzene ring substituents is 1. The molecule has 2 saturated heterocycles. The average molecular weight is 542 g/mol. The van der Waals surface area contributed by atoms with E-state index in [0.717, 1.165) is 52.0 Å². The Kier molecular flexibility index (Phi) is 8.65. The van der Waals surface area contributed by atoms with E-state index in [1.54, 1.807) is 12.1 Å². The first-order chi connectivity index (χ1) is 19.4. The SMILES string of the molecule is CN(C)c1ccc(CN2CCN(C(=O)c3ccc(N4CCC(Cc5ccccc5)CC4)c([N+](=O)[O-])c3)CC2)cc1. The van der Waals surface area contributed by atoms with Gasteiger partial charge in [-0.15, -0.1) is 0 Å². The first-order valence-corrected chi connectivity index (χ1v) is 14.2. The van der Waals surface area contributed by atoms with E-state index in [-0.39, 0.29) is 16.5 Å². The van der Waals surface area contributed by atoms with Gasteiger partial charge in [0.25, 0.3) is 11.6 Å². The maximum atomic E-state index is 13.3. The molecule has 2 aliphatic heterocycles. The van der Waals surface area contributed by atoms with Crippen LogP contribution < -0.4 is 9.80 Å². The van der Waals surface area contributed by atoms with Gasteiger partial charge >= 0.3 is 0 Å². The van der Waals surface area contributed by atoms with Gasteiger partial charge in [0.05, 0.1) is 4.92 Å². The van der Waals surface area contributed by atoms with Gasteiger partial charge in [0.1, 0.15) is 5.69 Å². The Hall–Kier alpha value is -3.91. The molecule has 3 aromatic carbocycles. The third-order valence-corrected chi connectivity index (χ3v) is 8.26. The molecule has 210 valence electrons. The van der Waals surface area contributed by atoms with Crippen LogP contribution in [0, 0.1) is 16.0 Å². The van der Waals surface area contributed by atoms with Crippen LogP contribution in [0.3, 0.4) is 0 Å². The maximum Gasteiger partial charge on any atom is 0.293 e. The van der Waals surface area contributed by atoms with Crippen molar-refractivity contribution in [2.24, 2.45) is 5.92 Å². The zero-order chi connectivity index (χ0) is 28.1. The fourth-order valence-electron chi connectivity index (χ4n) is 5.84. The second-order valence-corrected chi connectivity index (χ2v) is 11.2. The molecular weight excluding hydrogens is 502 g/mol. The number of hydrogen-bond donors (Lipinski definition) is 0. The van der Waals surface area contributed by atoms with E-state index in [9.17, 15) is 14.9 Å². The van der Waals surface area contributed by atoms with Crippen LogP contribution in [0.1, 0.15) is 34.3 Å². The molecule has 1 amide bonds. The zero-order valence-electron chi connectivity index (χ0n) is 23.5. The number of anilines is 2. The van der Waals surface area contributed by atoms with Gasteiger partial charge in [-0.1, -0.05) is 42.5 Å². The lowest BCUT2D eigenvalue weighted by Gasteiger charge is -2.35. The number of nitro groups is 1. The normalized spacial score (nSPS) is 16.6. The first kappa shape index (κ1) is 27.6. The predicted molar refractivity (Wildman–Crippen MR) is 160 cm³/mol. The summed E-state index contributed by atoms with van der Waals surface area (Å²) in [6.07, 6.45) is 3.04. The van der Waals surface area contributed by atoms with Crippen molar-refractivity contribution in [2.75, 3.05) is 63.2 Å². The molecular formula is C32H39N5O3. The summed E-state index contributed by atoms with van der Waals surface area (Å²) in [4.78, 5) is 33.4. The standard InChI is InChI=1S/C32H39N5O3/c1-33(2)29-11-8-27(9-12-29)24-34-18-20-36(21-19-34)32(38)28-10-13-30(31(23-28)37(39)40)35-16-14-26(15-17-35)22-25-6-4-3-5-7-25/h3-13,23,26H,14-22,24H2,1-2H3. The maximum absolute atomic E-state index is 13.3. The number of piperazine rings is 1. The fraction of sp³-hybridized carbons (Fsp3) is 0.406. The molecule has 2 fully saturated rings. The number of carbonyl (C=O) groups is 1. The molecule has 0 N–H and O–H groups in total. The van der Waals surface area contributed by atoms with Gasteiger partial charge < -0.3 is 14.7 Å². The number of benzene rings is 3. The van der Waals surface area contributed by atoms with Gasteiger partial charge in [0.15, 0.2) is 0 Å². The molecule has 8 heteroatoms. The average Bonchev–Trinajstić information content (AvgIpc) is 2.98. The van der Waals surface area contributed by atoms with Crippen LogP contribution in [0.4, 0.5) is 17.1 Å². The van der Waals surface area contributed by atoms with E-state index in [2.05, 4.69) is 63.2 Å². The molecule has 5 rings (SSSR count). The Morgan fingerprint density at radius 3 is 2.17 bits per heavy atom. The van der Waals surface area contributed by atoms with Crippen molar-refractivity contribution in [3.63, 3.8) is 0 Å². The minimum atomic E-state index is -0.346. The summed E-state index contributed by atoms with van der Waals surface area (Å²) in [7, 11) is 4.06. The summed E-state index contributed by atoms with van der Waals surface area (Å²) in [5, 5.41) is 12.0. The lowest BCUT2D eigenvalue weighted by atomic mass is 9.90.